The number of benzene rings is 1. The first-order valence-electron chi connectivity index (χ1n) is 11.6. The fourth-order valence-corrected chi connectivity index (χ4v) is 4.82. The van der Waals surface area contributed by atoms with Crippen LogP contribution in [0.25, 0.3) is 0 Å². The third-order valence-corrected chi connectivity index (χ3v) is 6.68. The molecule has 0 atom stereocenters. The first-order valence-corrected chi connectivity index (χ1v) is 11.6. The number of pyridine rings is 1. The molecule has 2 aromatic rings. The Balaban J connectivity index is 1.36. The van der Waals surface area contributed by atoms with Crippen molar-refractivity contribution in [2.24, 2.45) is 5.92 Å². The van der Waals surface area contributed by atoms with Crippen LogP contribution in [0.5, 0.6) is 5.88 Å². The number of carbonyl (C=O) groups is 1. The van der Waals surface area contributed by atoms with Gasteiger partial charge in [0, 0.05) is 51.3 Å². The molecule has 1 fully saturated rings. The van der Waals surface area contributed by atoms with Gasteiger partial charge in [-0.3, -0.25) is 9.69 Å². The van der Waals surface area contributed by atoms with Crippen LogP contribution < -0.4 is 15.4 Å². The van der Waals surface area contributed by atoms with E-state index in [1.807, 2.05) is 6.07 Å². The van der Waals surface area contributed by atoms with E-state index >= 15 is 0 Å². The maximum Gasteiger partial charge on any atom is 0.217 e. The molecule has 7 nitrogen and oxygen atoms in total. The lowest BCUT2D eigenvalue weighted by Gasteiger charge is -2.32. The number of hydrogen-bond donors (Lipinski definition) is 1. The highest BCUT2D eigenvalue weighted by molar-refractivity contribution is 5.92. The molecule has 1 aliphatic carbocycles. The van der Waals surface area contributed by atoms with Crippen molar-refractivity contribution in [2.45, 2.75) is 38.8 Å². The number of ether oxygens (including phenoxy) is 2. The number of hydrogen-bond acceptors (Lipinski definition) is 7. The van der Waals surface area contributed by atoms with Crippen LogP contribution in [0.3, 0.4) is 0 Å². The van der Waals surface area contributed by atoms with E-state index in [1.165, 1.54) is 36.1 Å². The zero-order valence-corrected chi connectivity index (χ0v) is 18.8. The lowest BCUT2D eigenvalue weighted by Crippen LogP contribution is -2.36. The van der Waals surface area contributed by atoms with E-state index in [-0.39, 0.29) is 5.78 Å². The van der Waals surface area contributed by atoms with E-state index in [0.29, 0.717) is 44.4 Å². The molecule has 2 N–H and O–H groups in total. The van der Waals surface area contributed by atoms with Crippen LogP contribution in [-0.2, 0) is 35.5 Å². The van der Waals surface area contributed by atoms with Gasteiger partial charge in [0.05, 0.1) is 18.8 Å². The number of carbonyl (C=O) groups excluding carboxylic acids is 1. The molecule has 0 bridgehead atoms. The molecule has 32 heavy (non-hydrogen) atoms. The van der Waals surface area contributed by atoms with Gasteiger partial charge in [0.1, 0.15) is 12.4 Å². The van der Waals surface area contributed by atoms with E-state index in [4.69, 9.17) is 15.2 Å². The lowest BCUT2D eigenvalue weighted by atomic mass is 9.96. The Morgan fingerprint density at radius 2 is 2.03 bits per heavy atom. The number of methoxy groups -OCH3 is 1. The second-order valence-corrected chi connectivity index (χ2v) is 9.29. The number of nitrogens with zero attached hydrogens (tertiary/aromatic N) is 3. The van der Waals surface area contributed by atoms with Crippen molar-refractivity contribution in [1.82, 2.24) is 9.88 Å². The second kappa shape index (κ2) is 9.08. The summed E-state index contributed by atoms with van der Waals surface area (Å²) >= 11 is 0. The summed E-state index contributed by atoms with van der Waals surface area (Å²) in [5, 5.41) is 0. The van der Waals surface area contributed by atoms with Gasteiger partial charge in [-0.2, -0.15) is 4.98 Å². The molecule has 1 aromatic heterocycles. The number of ketones is 1. The summed E-state index contributed by atoms with van der Waals surface area (Å²) in [4.78, 5) is 21.5. The van der Waals surface area contributed by atoms with Crippen LogP contribution in [0, 0.1) is 5.92 Å². The minimum Gasteiger partial charge on any atom is -0.475 e. The van der Waals surface area contributed by atoms with E-state index < -0.39 is 0 Å². The van der Waals surface area contributed by atoms with Crippen molar-refractivity contribution in [2.75, 3.05) is 50.6 Å². The van der Waals surface area contributed by atoms with Crippen molar-refractivity contribution >= 4 is 17.3 Å². The average Bonchev–Trinajstić information content (AvgIpc) is 3.58. The quantitative estimate of drug-likeness (QED) is 0.637. The van der Waals surface area contributed by atoms with Gasteiger partial charge in [-0.05, 0) is 41.9 Å². The predicted octanol–water partition coefficient (Wildman–Crippen LogP) is 2.59. The SMILES string of the molecule is COCCOc1cc2c(c(N)n1)CC(=O)CN2Cc1ccc2c(c1)CN(CC1CC1)CC2. The van der Waals surface area contributed by atoms with Gasteiger partial charge in [0.15, 0.2) is 5.78 Å². The highest BCUT2D eigenvalue weighted by Gasteiger charge is 2.28. The Labute approximate surface area is 189 Å². The summed E-state index contributed by atoms with van der Waals surface area (Å²) < 4.78 is 10.8. The third-order valence-electron chi connectivity index (χ3n) is 6.68. The summed E-state index contributed by atoms with van der Waals surface area (Å²) in [7, 11) is 1.63. The van der Waals surface area contributed by atoms with Gasteiger partial charge < -0.3 is 20.1 Å². The molecule has 3 aliphatic rings. The molecule has 3 heterocycles. The van der Waals surface area contributed by atoms with Gasteiger partial charge in [-0.1, -0.05) is 18.2 Å². The van der Waals surface area contributed by atoms with E-state index in [1.54, 1.807) is 7.11 Å². The van der Waals surface area contributed by atoms with Crippen molar-refractivity contribution < 1.29 is 14.3 Å². The fraction of sp³-hybridized carbons (Fsp3) is 0.520. The number of Topliss-reactive ketones (excluding diaryl/α,β-unsaturated/α-hetero) is 1. The monoisotopic (exact) mass is 436 g/mol. The Hall–Kier alpha value is -2.64. The van der Waals surface area contributed by atoms with E-state index in [0.717, 1.165) is 36.7 Å². The standard InChI is InChI=1S/C25H32N4O3/c1-31-8-9-32-24-12-23-22(25(26)27-24)11-21(30)16-29(23)14-18-4-5-19-6-7-28(13-17-2-3-17)15-20(19)10-18/h4-5,10,12,17H,2-3,6-9,11,13-16H2,1H3,(H2,26,27). The highest BCUT2D eigenvalue weighted by atomic mass is 16.5. The molecule has 0 radical (unpaired) electrons. The number of nitrogens with two attached hydrogens (primary N) is 1. The largest absolute Gasteiger partial charge is 0.475 e. The Kier molecular flexibility index (Phi) is 6.02. The van der Waals surface area contributed by atoms with Crippen molar-refractivity contribution in [3.05, 3.63) is 46.5 Å². The second-order valence-electron chi connectivity index (χ2n) is 9.29. The summed E-state index contributed by atoms with van der Waals surface area (Å²) in [5.74, 6) is 1.91. The molecular formula is C25H32N4O3. The number of fused-ring (bicyclic) bond motifs is 2. The maximum absolute atomic E-state index is 12.5. The van der Waals surface area contributed by atoms with Gasteiger partial charge in [-0.25, -0.2) is 0 Å². The zero-order valence-electron chi connectivity index (χ0n) is 18.8. The number of anilines is 2. The molecule has 0 saturated heterocycles. The van der Waals surface area contributed by atoms with Crippen molar-refractivity contribution in [3.63, 3.8) is 0 Å². The molecule has 0 unspecified atom stereocenters. The third kappa shape index (κ3) is 4.74. The number of nitrogen functional groups attached to an aromatic ring is 1. The minimum atomic E-state index is 0.160. The smallest absolute Gasteiger partial charge is 0.217 e. The molecule has 1 saturated carbocycles. The van der Waals surface area contributed by atoms with E-state index in [2.05, 4.69) is 33.0 Å². The topological polar surface area (TPSA) is 80.9 Å². The maximum atomic E-state index is 12.5. The Bertz CT molecular complexity index is 1000. The normalized spacial score (nSPS) is 18.4. The molecule has 1 aromatic carbocycles. The molecule has 7 heteroatoms. The van der Waals surface area contributed by atoms with Gasteiger partial charge >= 0.3 is 0 Å². The molecule has 5 rings (SSSR count). The summed E-state index contributed by atoms with van der Waals surface area (Å²) in [6.45, 7) is 5.35. The predicted molar refractivity (Wildman–Crippen MR) is 124 cm³/mol. The fourth-order valence-electron chi connectivity index (χ4n) is 4.82. The summed E-state index contributed by atoms with van der Waals surface area (Å²) in [6, 6.07) is 8.71. The first kappa shape index (κ1) is 21.2. The Morgan fingerprint density at radius 3 is 2.84 bits per heavy atom. The molecule has 0 spiro atoms. The van der Waals surface area contributed by atoms with E-state index in [9.17, 15) is 4.79 Å². The number of rotatable bonds is 8. The van der Waals surface area contributed by atoms with Crippen LogP contribution in [-0.4, -0.2) is 55.6 Å². The number of aromatic nitrogens is 1. The highest BCUT2D eigenvalue weighted by Crippen LogP contribution is 2.35. The van der Waals surface area contributed by atoms with Crippen LogP contribution in [0.1, 0.15) is 35.1 Å². The van der Waals surface area contributed by atoms with Crippen molar-refractivity contribution in [3.8, 4) is 5.88 Å². The minimum absolute atomic E-state index is 0.160. The first-order chi connectivity index (χ1) is 15.6. The summed E-state index contributed by atoms with van der Waals surface area (Å²) in [6.07, 6.45) is 4.23. The molecule has 0 amide bonds. The molecule has 2 aliphatic heterocycles. The van der Waals surface area contributed by atoms with Crippen molar-refractivity contribution in [1.29, 1.82) is 0 Å². The van der Waals surface area contributed by atoms with Gasteiger partial charge in [0.25, 0.3) is 0 Å². The van der Waals surface area contributed by atoms with Crippen LogP contribution >= 0.6 is 0 Å². The van der Waals surface area contributed by atoms with Gasteiger partial charge in [-0.15, -0.1) is 0 Å². The summed E-state index contributed by atoms with van der Waals surface area (Å²) in [5.41, 5.74) is 12.1. The Morgan fingerprint density at radius 1 is 1.16 bits per heavy atom. The average molecular weight is 437 g/mol. The van der Waals surface area contributed by atoms with Crippen LogP contribution in [0.2, 0.25) is 0 Å². The van der Waals surface area contributed by atoms with Gasteiger partial charge in [0.2, 0.25) is 5.88 Å². The molecule has 170 valence electrons. The molecular weight excluding hydrogens is 404 g/mol. The lowest BCUT2D eigenvalue weighted by molar-refractivity contribution is -0.117. The van der Waals surface area contributed by atoms with Crippen LogP contribution in [0.4, 0.5) is 11.5 Å². The van der Waals surface area contributed by atoms with Crippen LogP contribution in [0.15, 0.2) is 24.3 Å². The zero-order chi connectivity index (χ0) is 22.1.